The largest absolute Gasteiger partial charge is 0.310 e. The third-order valence-electron chi connectivity index (χ3n) is 5.35. The van der Waals surface area contributed by atoms with Crippen molar-refractivity contribution in [3.63, 3.8) is 0 Å². The number of carbonyl (C=O) groups is 1. The molecular weight excluding hydrogens is 417 g/mol. The maximum atomic E-state index is 13.4. The Kier molecular flexibility index (Phi) is 4.59. The van der Waals surface area contributed by atoms with E-state index in [0.29, 0.717) is 22.8 Å². The molecule has 0 atom stereocenters. The summed E-state index contributed by atoms with van der Waals surface area (Å²) in [5, 5.41) is 9.28. The number of aromatic nitrogens is 2. The van der Waals surface area contributed by atoms with Crippen molar-refractivity contribution in [1.82, 2.24) is 9.78 Å². The van der Waals surface area contributed by atoms with Crippen LogP contribution in [0, 0.1) is 5.82 Å². The van der Waals surface area contributed by atoms with Gasteiger partial charge in [0.1, 0.15) is 11.6 Å². The molecule has 1 aliphatic rings. The monoisotopic (exact) mass is 435 g/mol. The third-order valence-corrected chi connectivity index (χ3v) is 6.79. The molecule has 0 radical (unpaired) electrons. The molecule has 0 saturated heterocycles. The Labute approximate surface area is 178 Å². The molecule has 0 saturated carbocycles. The van der Waals surface area contributed by atoms with Crippen LogP contribution in [0.1, 0.15) is 16.8 Å². The van der Waals surface area contributed by atoms with E-state index in [4.69, 9.17) is 0 Å². The normalized spacial score (nSPS) is 14.5. The lowest BCUT2D eigenvalue weighted by Crippen LogP contribution is -2.18. The molecular formula is C23H18FN3O3S. The summed E-state index contributed by atoms with van der Waals surface area (Å²) in [6, 6.07) is 19.2. The van der Waals surface area contributed by atoms with E-state index < -0.39 is 15.7 Å². The number of nitrogens with one attached hydrogen (secondary N) is 1. The zero-order valence-corrected chi connectivity index (χ0v) is 17.2. The lowest BCUT2D eigenvalue weighted by molar-refractivity contribution is -0.115. The minimum atomic E-state index is -3.30. The highest BCUT2D eigenvalue weighted by atomic mass is 32.2. The standard InChI is InChI=1S/C23H18FN3O3S/c24-17-8-10-18(11-9-17)27-23(20-13-31(29,30)14-21(20)26-27)25-22(28)12-16-6-3-5-15-4-1-2-7-19(15)16/h1-11H,12-14H2,(H,25,28). The number of amides is 1. The van der Waals surface area contributed by atoms with Crippen molar-refractivity contribution in [3.8, 4) is 5.69 Å². The first kappa shape index (κ1) is 19.4. The first-order valence-electron chi connectivity index (χ1n) is 9.73. The average molecular weight is 435 g/mol. The number of fused-ring (bicyclic) bond motifs is 2. The second-order valence-electron chi connectivity index (χ2n) is 7.56. The Morgan fingerprint density at radius 1 is 1.00 bits per heavy atom. The number of rotatable bonds is 4. The van der Waals surface area contributed by atoms with Crippen LogP contribution in [-0.4, -0.2) is 24.1 Å². The fourth-order valence-electron chi connectivity index (χ4n) is 3.94. The van der Waals surface area contributed by atoms with E-state index in [2.05, 4.69) is 10.4 Å². The van der Waals surface area contributed by atoms with Crippen LogP contribution < -0.4 is 5.32 Å². The smallest absolute Gasteiger partial charge is 0.229 e. The molecule has 1 aromatic heterocycles. The van der Waals surface area contributed by atoms with Gasteiger partial charge < -0.3 is 5.32 Å². The van der Waals surface area contributed by atoms with Crippen LogP contribution in [0.5, 0.6) is 0 Å². The van der Waals surface area contributed by atoms with Gasteiger partial charge in [-0.3, -0.25) is 4.79 Å². The van der Waals surface area contributed by atoms with Crippen LogP contribution in [0.2, 0.25) is 0 Å². The summed E-state index contributed by atoms with van der Waals surface area (Å²) in [4.78, 5) is 13.0. The van der Waals surface area contributed by atoms with Crippen LogP contribution in [-0.2, 0) is 32.6 Å². The van der Waals surface area contributed by atoms with Crippen LogP contribution in [0.4, 0.5) is 10.2 Å². The van der Waals surface area contributed by atoms with Crippen molar-refractivity contribution >= 4 is 32.3 Å². The van der Waals surface area contributed by atoms with Crippen molar-refractivity contribution in [2.75, 3.05) is 5.32 Å². The van der Waals surface area contributed by atoms with Gasteiger partial charge in [-0.15, -0.1) is 0 Å². The van der Waals surface area contributed by atoms with Crippen molar-refractivity contribution in [2.24, 2.45) is 0 Å². The van der Waals surface area contributed by atoms with Gasteiger partial charge in [-0.25, -0.2) is 17.5 Å². The molecule has 6 nitrogen and oxygen atoms in total. The van der Waals surface area contributed by atoms with Gasteiger partial charge in [0, 0.05) is 5.56 Å². The molecule has 0 bridgehead atoms. The molecule has 0 unspecified atom stereocenters. The van der Waals surface area contributed by atoms with Gasteiger partial charge in [0.25, 0.3) is 0 Å². The number of nitrogens with zero attached hydrogens (tertiary/aromatic N) is 2. The molecule has 3 aromatic carbocycles. The zero-order chi connectivity index (χ0) is 21.6. The molecule has 1 amide bonds. The van der Waals surface area contributed by atoms with Gasteiger partial charge in [0.2, 0.25) is 5.91 Å². The molecule has 5 rings (SSSR count). The lowest BCUT2D eigenvalue weighted by Gasteiger charge is -2.12. The maximum absolute atomic E-state index is 13.4. The highest BCUT2D eigenvalue weighted by Gasteiger charge is 2.33. The number of hydrogen-bond acceptors (Lipinski definition) is 4. The van der Waals surface area contributed by atoms with Crippen LogP contribution in [0.3, 0.4) is 0 Å². The maximum Gasteiger partial charge on any atom is 0.229 e. The topological polar surface area (TPSA) is 81.1 Å². The van der Waals surface area contributed by atoms with E-state index in [-0.39, 0.29) is 23.8 Å². The van der Waals surface area contributed by atoms with Crippen molar-refractivity contribution in [1.29, 1.82) is 0 Å². The second kappa shape index (κ2) is 7.31. The number of halogens is 1. The Balaban J connectivity index is 1.50. The highest BCUT2D eigenvalue weighted by molar-refractivity contribution is 7.90. The van der Waals surface area contributed by atoms with Gasteiger partial charge in [0.15, 0.2) is 9.84 Å². The zero-order valence-electron chi connectivity index (χ0n) is 16.4. The van der Waals surface area contributed by atoms with E-state index in [1.807, 2.05) is 42.5 Å². The quantitative estimate of drug-likeness (QED) is 0.529. The highest BCUT2D eigenvalue weighted by Crippen LogP contribution is 2.33. The van der Waals surface area contributed by atoms with Crippen molar-refractivity contribution in [3.05, 3.63) is 89.4 Å². The fraction of sp³-hybridized carbons (Fsp3) is 0.130. The van der Waals surface area contributed by atoms with E-state index in [0.717, 1.165) is 16.3 Å². The molecule has 0 fully saturated rings. The summed E-state index contributed by atoms with van der Waals surface area (Å²) < 4.78 is 39.0. The SMILES string of the molecule is O=C(Cc1cccc2ccccc12)Nc1c2c(nn1-c1ccc(F)cc1)CS(=O)(=O)C2. The minimum absolute atomic E-state index is 0.122. The fourth-order valence-corrected chi connectivity index (χ4v) is 5.43. The molecule has 0 aliphatic carbocycles. The van der Waals surface area contributed by atoms with Crippen molar-refractivity contribution < 1.29 is 17.6 Å². The lowest BCUT2D eigenvalue weighted by atomic mass is 10.0. The van der Waals surface area contributed by atoms with Crippen LogP contribution >= 0.6 is 0 Å². The van der Waals surface area contributed by atoms with E-state index >= 15 is 0 Å². The Morgan fingerprint density at radius 2 is 1.74 bits per heavy atom. The molecule has 2 heterocycles. The Hall–Kier alpha value is -3.52. The summed E-state index contributed by atoms with van der Waals surface area (Å²) in [5.74, 6) is -0.733. The molecule has 1 aliphatic heterocycles. The summed E-state index contributed by atoms with van der Waals surface area (Å²) in [6.45, 7) is 0. The molecule has 1 N–H and O–H groups in total. The Morgan fingerprint density at radius 3 is 2.55 bits per heavy atom. The Bertz CT molecular complexity index is 1420. The first-order valence-corrected chi connectivity index (χ1v) is 11.6. The summed E-state index contributed by atoms with van der Waals surface area (Å²) >= 11 is 0. The molecule has 8 heteroatoms. The number of sulfone groups is 1. The second-order valence-corrected chi connectivity index (χ2v) is 9.62. The van der Waals surface area contributed by atoms with Gasteiger partial charge >= 0.3 is 0 Å². The third kappa shape index (κ3) is 3.70. The number of anilines is 1. The first-order chi connectivity index (χ1) is 14.9. The van der Waals surface area contributed by atoms with Crippen LogP contribution in [0.25, 0.3) is 16.5 Å². The van der Waals surface area contributed by atoms with E-state index in [1.165, 1.54) is 28.9 Å². The van der Waals surface area contributed by atoms with Gasteiger partial charge in [-0.1, -0.05) is 42.5 Å². The average Bonchev–Trinajstić information content (AvgIpc) is 3.21. The number of hydrogen-bond donors (Lipinski definition) is 1. The number of carbonyl (C=O) groups excluding carboxylic acids is 1. The number of benzene rings is 3. The molecule has 31 heavy (non-hydrogen) atoms. The summed E-state index contributed by atoms with van der Waals surface area (Å²) in [7, 11) is -3.30. The van der Waals surface area contributed by atoms with E-state index in [1.54, 1.807) is 0 Å². The molecule has 0 spiro atoms. The van der Waals surface area contributed by atoms with Gasteiger partial charge in [-0.2, -0.15) is 5.10 Å². The molecule has 4 aromatic rings. The molecule has 156 valence electrons. The van der Waals surface area contributed by atoms with Crippen molar-refractivity contribution in [2.45, 2.75) is 17.9 Å². The predicted molar refractivity (Wildman–Crippen MR) is 116 cm³/mol. The summed E-state index contributed by atoms with van der Waals surface area (Å²) in [6.07, 6.45) is 0.122. The van der Waals surface area contributed by atoms with Gasteiger partial charge in [-0.05, 0) is 40.6 Å². The minimum Gasteiger partial charge on any atom is -0.310 e. The summed E-state index contributed by atoms with van der Waals surface area (Å²) in [5.41, 5.74) is 2.29. The van der Waals surface area contributed by atoms with E-state index in [9.17, 15) is 17.6 Å². The van der Waals surface area contributed by atoms with Crippen LogP contribution in [0.15, 0.2) is 66.7 Å². The van der Waals surface area contributed by atoms with Gasteiger partial charge in [0.05, 0.1) is 29.3 Å². The predicted octanol–water partition coefficient (Wildman–Crippen LogP) is 3.77.